The van der Waals surface area contributed by atoms with Crippen molar-refractivity contribution >= 4 is 17.6 Å². The van der Waals surface area contributed by atoms with Crippen LogP contribution in [0, 0.1) is 21.8 Å². The number of carbonyl (C=O) groups excluding carboxylic acids is 2. The molecule has 7 nitrogen and oxygen atoms in total. The van der Waals surface area contributed by atoms with Crippen LogP contribution in [0.25, 0.3) is 0 Å². The zero-order valence-corrected chi connectivity index (χ0v) is 11.8. The smallest absolute Gasteiger partial charge is 0.328 e. The molecule has 1 rings (SSSR count). The molecule has 1 aromatic carbocycles. The molecule has 0 radical (unpaired) electrons. The molecule has 0 aliphatic heterocycles. The number of nitro groups is 1. The Morgan fingerprint density at radius 1 is 1.38 bits per heavy atom. The average molecular weight is 298 g/mol. The third-order valence-corrected chi connectivity index (χ3v) is 2.81. The molecule has 1 atom stereocenters. The molecule has 0 heterocycles. The van der Waals surface area contributed by atoms with Gasteiger partial charge >= 0.3 is 5.97 Å². The van der Waals surface area contributed by atoms with Gasteiger partial charge in [-0.15, -0.1) is 0 Å². The highest BCUT2D eigenvalue weighted by atomic mass is 19.1. The van der Waals surface area contributed by atoms with E-state index >= 15 is 0 Å². The maximum Gasteiger partial charge on any atom is 0.328 e. The zero-order valence-electron chi connectivity index (χ0n) is 11.8. The number of benzene rings is 1. The summed E-state index contributed by atoms with van der Waals surface area (Å²) in [5.74, 6) is -2.61. The Bertz CT molecular complexity index is 574. The number of esters is 1. The van der Waals surface area contributed by atoms with Crippen LogP contribution in [0.5, 0.6) is 0 Å². The Hall–Kier alpha value is -2.51. The lowest BCUT2D eigenvalue weighted by molar-refractivity contribution is -0.385. The first-order valence-electron chi connectivity index (χ1n) is 6.10. The van der Waals surface area contributed by atoms with Crippen LogP contribution < -0.4 is 5.32 Å². The molecule has 0 aliphatic rings. The van der Waals surface area contributed by atoms with E-state index < -0.39 is 34.3 Å². The largest absolute Gasteiger partial charge is 0.467 e. The third kappa shape index (κ3) is 3.98. The van der Waals surface area contributed by atoms with E-state index in [4.69, 9.17) is 0 Å². The van der Waals surface area contributed by atoms with Crippen LogP contribution in [-0.4, -0.2) is 30.0 Å². The maximum atomic E-state index is 13.0. The number of carbonyl (C=O) groups is 2. The van der Waals surface area contributed by atoms with Crippen LogP contribution in [0.3, 0.4) is 0 Å². The summed E-state index contributed by atoms with van der Waals surface area (Å²) in [5, 5.41) is 13.2. The number of rotatable bonds is 5. The SMILES string of the molecule is COC(=O)C(NC(=O)c1ccc(F)cc1[N+](=O)[O-])C(C)C. The van der Waals surface area contributed by atoms with E-state index in [2.05, 4.69) is 10.1 Å². The minimum absolute atomic E-state index is 0.277. The first kappa shape index (κ1) is 16.5. The number of halogens is 1. The molecule has 1 aromatic rings. The van der Waals surface area contributed by atoms with Crippen LogP contribution in [0.2, 0.25) is 0 Å². The van der Waals surface area contributed by atoms with Gasteiger partial charge < -0.3 is 10.1 Å². The van der Waals surface area contributed by atoms with Crippen molar-refractivity contribution in [2.45, 2.75) is 19.9 Å². The Morgan fingerprint density at radius 2 is 2.00 bits per heavy atom. The second-order valence-electron chi connectivity index (χ2n) is 4.64. The number of nitrogens with zero attached hydrogens (tertiary/aromatic N) is 1. The van der Waals surface area contributed by atoms with E-state index in [1.807, 2.05) is 0 Å². The van der Waals surface area contributed by atoms with Gasteiger partial charge in [0.15, 0.2) is 0 Å². The molecule has 0 aliphatic carbocycles. The second-order valence-corrected chi connectivity index (χ2v) is 4.64. The zero-order chi connectivity index (χ0) is 16.2. The van der Waals surface area contributed by atoms with Crippen LogP contribution in [0.1, 0.15) is 24.2 Å². The molecule has 0 saturated heterocycles. The highest BCUT2D eigenvalue weighted by Gasteiger charge is 2.28. The number of nitro benzene ring substituents is 1. The molecule has 0 bridgehead atoms. The molecule has 1 unspecified atom stereocenters. The van der Waals surface area contributed by atoms with Gasteiger partial charge in [0, 0.05) is 0 Å². The first-order valence-corrected chi connectivity index (χ1v) is 6.10. The lowest BCUT2D eigenvalue weighted by Gasteiger charge is -2.19. The van der Waals surface area contributed by atoms with Crippen molar-refractivity contribution in [3.8, 4) is 0 Å². The molecule has 0 fully saturated rings. The van der Waals surface area contributed by atoms with Crippen molar-refractivity contribution in [1.29, 1.82) is 0 Å². The summed E-state index contributed by atoms with van der Waals surface area (Å²) in [6.45, 7) is 3.36. The Kier molecular flexibility index (Phi) is 5.34. The topological polar surface area (TPSA) is 98.5 Å². The van der Waals surface area contributed by atoms with Crippen molar-refractivity contribution in [2.75, 3.05) is 7.11 Å². The van der Waals surface area contributed by atoms with Crippen molar-refractivity contribution in [3.05, 3.63) is 39.7 Å². The molecular weight excluding hydrogens is 283 g/mol. The third-order valence-electron chi connectivity index (χ3n) is 2.81. The predicted octanol–water partition coefficient (Wildman–Crippen LogP) is 1.66. The highest BCUT2D eigenvalue weighted by Crippen LogP contribution is 2.20. The summed E-state index contributed by atoms with van der Waals surface area (Å²) in [4.78, 5) is 33.6. The predicted molar refractivity (Wildman–Crippen MR) is 71.2 cm³/mol. The summed E-state index contributed by atoms with van der Waals surface area (Å²) in [6.07, 6.45) is 0. The monoisotopic (exact) mass is 298 g/mol. The van der Waals surface area contributed by atoms with Crippen molar-refractivity contribution in [2.24, 2.45) is 5.92 Å². The summed E-state index contributed by atoms with van der Waals surface area (Å²) in [6, 6.07) is 1.63. The van der Waals surface area contributed by atoms with E-state index in [0.29, 0.717) is 6.07 Å². The summed E-state index contributed by atoms with van der Waals surface area (Å²) in [5.41, 5.74) is -0.990. The van der Waals surface area contributed by atoms with Gasteiger partial charge in [-0.1, -0.05) is 13.8 Å². The minimum atomic E-state index is -0.952. The van der Waals surface area contributed by atoms with Crippen LogP contribution in [0.15, 0.2) is 18.2 Å². The maximum absolute atomic E-state index is 13.0. The van der Waals surface area contributed by atoms with Gasteiger partial charge in [0.1, 0.15) is 17.4 Å². The second kappa shape index (κ2) is 6.78. The van der Waals surface area contributed by atoms with Crippen molar-refractivity contribution < 1.29 is 23.6 Å². The Morgan fingerprint density at radius 3 is 2.48 bits per heavy atom. The number of hydrogen-bond donors (Lipinski definition) is 1. The number of nitrogens with one attached hydrogen (secondary N) is 1. The van der Waals surface area contributed by atoms with E-state index in [-0.39, 0.29) is 11.5 Å². The van der Waals surface area contributed by atoms with E-state index in [9.17, 15) is 24.1 Å². The van der Waals surface area contributed by atoms with Gasteiger partial charge in [0.25, 0.3) is 11.6 Å². The molecular formula is C13H15FN2O5. The van der Waals surface area contributed by atoms with Gasteiger partial charge in [0.2, 0.25) is 0 Å². The van der Waals surface area contributed by atoms with E-state index in [0.717, 1.165) is 12.1 Å². The lowest BCUT2D eigenvalue weighted by atomic mass is 10.0. The summed E-state index contributed by atoms with van der Waals surface area (Å²) < 4.78 is 17.6. The number of methoxy groups -OCH3 is 1. The molecule has 0 aromatic heterocycles. The Labute approximate surface area is 120 Å². The van der Waals surface area contributed by atoms with Crippen LogP contribution in [0.4, 0.5) is 10.1 Å². The highest BCUT2D eigenvalue weighted by molar-refractivity contribution is 6.00. The fourth-order valence-electron chi connectivity index (χ4n) is 1.69. The van der Waals surface area contributed by atoms with Gasteiger partial charge in [-0.25, -0.2) is 9.18 Å². The van der Waals surface area contributed by atoms with Gasteiger partial charge in [-0.3, -0.25) is 14.9 Å². The molecule has 8 heteroatoms. The van der Waals surface area contributed by atoms with E-state index in [1.165, 1.54) is 7.11 Å². The summed E-state index contributed by atoms with van der Waals surface area (Å²) >= 11 is 0. The van der Waals surface area contributed by atoms with E-state index in [1.54, 1.807) is 13.8 Å². The molecule has 0 saturated carbocycles. The van der Waals surface area contributed by atoms with Crippen molar-refractivity contribution in [1.82, 2.24) is 5.32 Å². The number of ether oxygens (including phenoxy) is 1. The van der Waals surface area contributed by atoms with Gasteiger partial charge in [0.05, 0.1) is 18.1 Å². The quantitative estimate of drug-likeness (QED) is 0.506. The first-order chi connectivity index (χ1) is 9.77. The Balaban J connectivity index is 3.08. The number of amides is 1. The average Bonchev–Trinajstić information content (AvgIpc) is 2.43. The number of hydrogen-bond acceptors (Lipinski definition) is 5. The van der Waals surface area contributed by atoms with Gasteiger partial charge in [-0.2, -0.15) is 0 Å². The molecule has 21 heavy (non-hydrogen) atoms. The molecule has 1 N–H and O–H groups in total. The molecule has 114 valence electrons. The van der Waals surface area contributed by atoms with Crippen LogP contribution >= 0.6 is 0 Å². The lowest BCUT2D eigenvalue weighted by Crippen LogP contribution is -2.45. The summed E-state index contributed by atoms with van der Waals surface area (Å²) in [7, 11) is 1.17. The molecule has 0 spiro atoms. The fourth-order valence-corrected chi connectivity index (χ4v) is 1.69. The minimum Gasteiger partial charge on any atom is -0.467 e. The van der Waals surface area contributed by atoms with Gasteiger partial charge in [-0.05, 0) is 18.1 Å². The molecule has 1 amide bonds. The van der Waals surface area contributed by atoms with Crippen molar-refractivity contribution in [3.63, 3.8) is 0 Å². The fraction of sp³-hybridized carbons (Fsp3) is 0.385. The normalized spacial score (nSPS) is 11.9. The van der Waals surface area contributed by atoms with Crippen LogP contribution in [-0.2, 0) is 9.53 Å². The standard InChI is InChI=1S/C13H15FN2O5/c1-7(2)11(13(18)21-3)15-12(17)9-5-4-8(14)6-10(9)16(19)20/h4-7,11H,1-3H3,(H,15,17).